The molecular formula is C3H5N2O2+. The van der Waals surface area contributed by atoms with Crippen molar-refractivity contribution in [1.82, 2.24) is 0 Å². The first-order valence-electron chi connectivity index (χ1n) is 1.75. The Balaban J connectivity index is 3.63. The molecule has 0 aliphatic rings. The molecule has 1 atom stereocenters. The van der Waals surface area contributed by atoms with Crippen molar-refractivity contribution in [2.45, 2.75) is 13.0 Å². The molecule has 0 aromatic rings. The highest BCUT2D eigenvalue weighted by Crippen LogP contribution is 1.84. The summed E-state index contributed by atoms with van der Waals surface area (Å²) in [4.78, 5) is 12.2. The summed E-state index contributed by atoms with van der Waals surface area (Å²) in [5.74, 6) is -1.12. The standard InChI is InChI=1S/C3H4N2O2/c1-2(5-4)3(6)7/h2H,1H3/p+1. The predicted octanol–water partition coefficient (Wildman–Crippen LogP) is 0.313. The van der Waals surface area contributed by atoms with Gasteiger partial charge in [-0.15, -0.1) is 0 Å². The van der Waals surface area contributed by atoms with Gasteiger partial charge in [0, 0.05) is 6.92 Å². The number of carboxylic acids is 1. The van der Waals surface area contributed by atoms with Crippen LogP contribution >= 0.6 is 0 Å². The molecule has 1 N–H and O–H groups in total. The molecule has 0 saturated carbocycles. The Hall–Kier alpha value is -1.11. The van der Waals surface area contributed by atoms with Crippen molar-refractivity contribution in [2.75, 3.05) is 0 Å². The van der Waals surface area contributed by atoms with Crippen LogP contribution in [0.5, 0.6) is 0 Å². The highest BCUT2D eigenvalue weighted by Gasteiger charge is 2.21. The van der Waals surface area contributed by atoms with E-state index in [0.29, 0.717) is 0 Å². The van der Waals surface area contributed by atoms with E-state index in [2.05, 4.69) is 4.98 Å². The van der Waals surface area contributed by atoms with Crippen LogP contribution < -0.4 is 0 Å². The third kappa shape index (κ3) is 1.71. The number of hydrogen-bond donors (Lipinski definition) is 1. The molecule has 0 heterocycles. The smallest absolute Gasteiger partial charge is 0.405 e. The maximum absolute atomic E-state index is 9.68. The van der Waals surface area contributed by atoms with Gasteiger partial charge in [0.2, 0.25) is 5.39 Å². The van der Waals surface area contributed by atoms with Crippen LogP contribution in [0.25, 0.3) is 4.98 Å². The molecule has 0 aromatic heterocycles. The molecule has 4 nitrogen and oxygen atoms in total. The first kappa shape index (κ1) is 5.89. The number of carboxylic acid groups (broad SMARTS) is 1. The van der Waals surface area contributed by atoms with Crippen LogP contribution in [-0.4, -0.2) is 17.1 Å². The number of nitrogens with zero attached hydrogens (tertiary/aromatic N) is 2. The highest BCUT2D eigenvalue weighted by atomic mass is 16.4. The molecule has 0 bridgehead atoms. The summed E-state index contributed by atoms with van der Waals surface area (Å²) in [5, 5.41) is 15.7. The van der Waals surface area contributed by atoms with Gasteiger partial charge in [-0.1, -0.05) is 0 Å². The predicted molar refractivity (Wildman–Crippen MR) is 22.2 cm³/mol. The molecule has 0 rings (SSSR count). The van der Waals surface area contributed by atoms with Crippen LogP contribution in [0.1, 0.15) is 6.92 Å². The van der Waals surface area contributed by atoms with E-state index in [9.17, 15) is 4.79 Å². The minimum atomic E-state index is -1.12. The van der Waals surface area contributed by atoms with Gasteiger partial charge >= 0.3 is 12.0 Å². The molecule has 0 aliphatic carbocycles. The Morgan fingerprint density at radius 3 is 2.43 bits per heavy atom. The van der Waals surface area contributed by atoms with Gasteiger partial charge in [0.25, 0.3) is 0 Å². The molecule has 0 radical (unpaired) electrons. The molecule has 4 heteroatoms. The SMILES string of the molecule is CC([N+]#N)C(=O)O. The third-order valence-corrected chi connectivity index (χ3v) is 0.531. The van der Waals surface area contributed by atoms with Crippen LogP contribution in [-0.2, 0) is 4.79 Å². The topological polar surface area (TPSA) is 65.5 Å². The number of rotatable bonds is 1. The Bertz CT molecular complexity index is 115. The summed E-state index contributed by atoms with van der Waals surface area (Å²) < 4.78 is 0. The van der Waals surface area contributed by atoms with Crippen molar-refractivity contribution in [2.24, 2.45) is 0 Å². The lowest BCUT2D eigenvalue weighted by atomic mass is 10.4. The Morgan fingerprint density at radius 1 is 2.00 bits per heavy atom. The molecule has 1 unspecified atom stereocenters. The van der Waals surface area contributed by atoms with E-state index in [1.54, 1.807) is 0 Å². The second-order valence-electron chi connectivity index (χ2n) is 1.13. The van der Waals surface area contributed by atoms with Gasteiger partial charge in [0.1, 0.15) is 4.98 Å². The van der Waals surface area contributed by atoms with Crippen molar-refractivity contribution in [3.63, 3.8) is 0 Å². The summed E-state index contributed by atoms with van der Waals surface area (Å²) in [6.07, 6.45) is 0. The lowest BCUT2D eigenvalue weighted by molar-refractivity contribution is -0.137. The fraction of sp³-hybridized carbons (Fsp3) is 0.667. The summed E-state index contributed by atoms with van der Waals surface area (Å²) in [7, 11) is 0. The average Bonchev–Trinajstić information content (AvgIpc) is 1.65. The molecule has 0 spiro atoms. The highest BCUT2D eigenvalue weighted by molar-refractivity contribution is 5.74. The first-order chi connectivity index (χ1) is 3.18. The maximum atomic E-state index is 9.68. The minimum absolute atomic E-state index is 1.00. The van der Waals surface area contributed by atoms with Gasteiger partial charge in [-0.25, -0.2) is 4.79 Å². The van der Waals surface area contributed by atoms with Gasteiger partial charge in [0.15, 0.2) is 0 Å². The number of carbonyl (C=O) groups is 1. The minimum Gasteiger partial charge on any atom is -0.475 e. The fourth-order valence-electron chi connectivity index (χ4n) is 0.0494. The summed E-state index contributed by atoms with van der Waals surface area (Å²) in [6.45, 7) is 1.28. The van der Waals surface area contributed by atoms with Crippen molar-refractivity contribution in [1.29, 1.82) is 5.39 Å². The van der Waals surface area contributed by atoms with Gasteiger partial charge in [-0.3, -0.25) is 0 Å². The van der Waals surface area contributed by atoms with Gasteiger partial charge in [-0.05, 0) is 0 Å². The zero-order chi connectivity index (χ0) is 5.86. The zero-order valence-electron chi connectivity index (χ0n) is 3.83. The van der Waals surface area contributed by atoms with Crippen molar-refractivity contribution in [3.8, 4) is 0 Å². The quantitative estimate of drug-likeness (QED) is 0.483. The van der Waals surface area contributed by atoms with E-state index in [1.165, 1.54) is 6.92 Å². The lowest BCUT2D eigenvalue weighted by Gasteiger charge is -1.74. The van der Waals surface area contributed by atoms with E-state index < -0.39 is 12.0 Å². The summed E-state index contributed by atoms with van der Waals surface area (Å²) in [6, 6.07) is -1.00. The lowest BCUT2D eigenvalue weighted by Crippen LogP contribution is -2.09. The number of aliphatic carboxylic acids is 1. The molecule has 38 valence electrons. The van der Waals surface area contributed by atoms with Crippen LogP contribution in [0.4, 0.5) is 0 Å². The Kier molecular flexibility index (Phi) is 1.79. The fourth-order valence-corrected chi connectivity index (χ4v) is 0.0494. The third-order valence-electron chi connectivity index (χ3n) is 0.531. The normalized spacial score (nSPS) is 12.0. The van der Waals surface area contributed by atoms with E-state index in [-0.39, 0.29) is 0 Å². The first-order valence-corrected chi connectivity index (χ1v) is 1.75. The average molecular weight is 101 g/mol. The van der Waals surface area contributed by atoms with Crippen LogP contribution in [0.3, 0.4) is 0 Å². The van der Waals surface area contributed by atoms with Gasteiger partial charge in [0.05, 0.1) is 0 Å². The van der Waals surface area contributed by atoms with Gasteiger partial charge < -0.3 is 5.11 Å². The molecule has 0 aliphatic heterocycles. The maximum Gasteiger partial charge on any atom is 0.405 e. The second-order valence-corrected chi connectivity index (χ2v) is 1.13. The number of diazo groups is 1. The monoisotopic (exact) mass is 101 g/mol. The molecule has 0 saturated heterocycles. The van der Waals surface area contributed by atoms with Crippen molar-refractivity contribution >= 4 is 5.97 Å². The molecule has 0 amide bonds. The van der Waals surface area contributed by atoms with E-state index in [0.717, 1.165) is 0 Å². The largest absolute Gasteiger partial charge is 0.475 e. The zero-order valence-corrected chi connectivity index (χ0v) is 3.83. The van der Waals surface area contributed by atoms with Crippen molar-refractivity contribution in [3.05, 3.63) is 4.98 Å². The Labute approximate surface area is 40.4 Å². The van der Waals surface area contributed by atoms with Gasteiger partial charge in [-0.2, -0.15) is 0 Å². The summed E-state index contributed by atoms with van der Waals surface area (Å²) in [5.41, 5.74) is 0. The van der Waals surface area contributed by atoms with Crippen LogP contribution in [0.15, 0.2) is 0 Å². The number of hydrogen-bond acceptors (Lipinski definition) is 2. The second kappa shape index (κ2) is 2.13. The Morgan fingerprint density at radius 2 is 2.43 bits per heavy atom. The van der Waals surface area contributed by atoms with E-state index in [1.807, 2.05) is 0 Å². The van der Waals surface area contributed by atoms with E-state index in [4.69, 9.17) is 10.5 Å². The van der Waals surface area contributed by atoms with Crippen LogP contribution in [0.2, 0.25) is 0 Å². The van der Waals surface area contributed by atoms with Crippen molar-refractivity contribution < 1.29 is 9.90 Å². The summed E-state index contributed by atoms with van der Waals surface area (Å²) >= 11 is 0. The molecule has 7 heavy (non-hydrogen) atoms. The van der Waals surface area contributed by atoms with Crippen LogP contribution in [0, 0.1) is 5.39 Å². The molecule has 0 fully saturated rings. The molecular weight excluding hydrogens is 96.0 g/mol. The van der Waals surface area contributed by atoms with E-state index >= 15 is 0 Å². The molecule has 0 aromatic carbocycles.